The minimum atomic E-state index is 0.716. The van der Waals surface area contributed by atoms with E-state index >= 15 is 0 Å². The number of fused-ring (bicyclic) bond motifs is 1. The van der Waals surface area contributed by atoms with E-state index in [9.17, 15) is 0 Å². The van der Waals surface area contributed by atoms with Gasteiger partial charge in [0.2, 0.25) is 0 Å². The second-order valence-corrected chi connectivity index (χ2v) is 5.87. The molecule has 84 valence electrons. The van der Waals surface area contributed by atoms with Crippen LogP contribution in [0.1, 0.15) is 48.2 Å². The van der Waals surface area contributed by atoms with Crippen molar-refractivity contribution in [2.75, 3.05) is 6.54 Å². The van der Waals surface area contributed by atoms with Crippen LogP contribution in [0.2, 0.25) is 0 Å². The molecule has 0 saturated carbocycles. The molecule has 2 rings (SSSR count). The van der Waals surface area contributed by atoms with Gasteiger partial charge in [0, 0.05) is 11.3 Å². The Labute approximate surface area is 95.9 Å². The highest BCUT2D eigenvalue weighted by Crippen LogP contribution is 2.38. The molecule has 2 unspecified atom stereocenters. The predicted octanol–water partition coefficient (Wildman–Crippen LogP) is 2.72. The Bertz CT molecular complexity index is 332. The summed E-state index contributed by atoms with van der Waals surface area (Å²) in [6.07, 6.45) is 4.63. The molecule has 2 N–H and O–H groups in total. The molecule has 0 radical (unpaired) electrons. The van der Waals surface area contributed by atoms with Crippen LogP contribution in [0.4, 0.5) is 0 Å². The van der Waals surface area contributed by atoms with Crippen molar-refractivity contribution in [3.63, 3.8) is 0 Å². The number of nitrogens with two attached hydrogens (primary N) is 1. The Kier molecular flexibility index (Phi) is 3.42. The molecule has 15 heavy (non-hydrogen) atoms. The van der Waals surface area contributed by atoms with Gasteiger partial charge in [0.05, 0.1) is 10.7 Å². The predicted molar refractivity (Wildman–Crippen MR) is 65.4 cm³/mol. The maximum absolute atomic E-state index is 5.52. The van der Waals surface area contributed by atoms with Crippen molar-refractivity contribution in [1.29, 1.82) is 0 Å². The first-order valence-electron chi connectivity index (χ1n) is 5.89. The van der Waals surface area contributed by atoms with Gasteiger partial charge in [0.25, 0.3) is 0 Å². The summed E-state index contributed by atoms with van der Waals surface area (Å²) < 4.78 is 0. The fourth-order valence-corrected chi connectivity index (χ4v) is 3.63. The molecule has 3 heteroatoms. The van der Waals surface area contributed by atoms with E-state index < -0.39 is 0 Å². The van der Waals surface area contributed by atoms with Gasteiger partial charge in [0.15, 0.2) is 0 Å². The molecule has 1 heterocycles. The van der Waals surface area contributed by atoms with Crippen molar-refractivity contribution >= 4 is 11.3 Å². The standard InChI is InChI=1S/C12H20N2S/c1-8-6-9(2)12-10(7-8)14-11(15-12)4-3-5-13/h8-9H,3-7,13H2,1-2H3. The summed E-state index contributed by atoms with van der Waals surface area (Å²) in [7, 11) is 0. The van der Waals surface area contributed by atoms with E-state index in [0.717, 1.165) is 25.3 Å². The van der Waals surface area contributed by atoms with Crippen molar-refractivity contribution in [3.8, 4) is 0 Å². The van der Waals surface area contributed by atoms with Crippen molar-refractivity contribution in [2.24, 2.45) is 11.7 Å². The zero-order valence-corrected chi connectivity index (χ0v) is 10.4. The third-order valence-corrected chi connectivity index (χ3v) is 4.50. The Morgan fingerprint density at radius 3 is 3.00 bits per heavy atom. The Morgan fingerprint density at radius 1 is 1.47 bits per heavy atom. The smallest absolute Gasteiger partial charge is 0.0931 e. The first kappa shape index (κ1) is 11.1. The van der Waals surface area contributed by atoms with E-state index in [2.05, 4.69) is 13.8 Å². The van der Waals surface area contributed by atoms with Crippen LogP contribution < -0.4 is 5.73 Å². The van der Waals surface area contributed by atoms with E-state index in [0.29, 0.717) is 5.92 Å². The normalized spacial score (nSPS) is 25.3. The zero-order valence-electron chi connectivity index (χ0n) is 9.62. The van der Waals surface area contributed by atoms with E-state index in [1.165, 1.54) is 23.5 Å². The average Bonchev–Trinajstić information content (AvgIpc) is 2.57. The lowest BCUT2D eigenvalue weighted by Crippen LogP contribution is -2.13. The molecule has 2 nitrogen and oxygen atoms in total. The van der Waals surface area contributed by atoms with E-state index in [-0.39, 0.29) is 0 Å². The van der Waals surface area contributed by atoms with Gasteiger partial charge in [0.1, 0.15) is 0 Å². The van der Waals surface area contributed by atoms with Gasteiger partial charge in [-0.25, -0.2) is 4.98 Å². The van der Waals surface area contributed by atoms with Gasteiger partial charge in [-0.2, -0.15) is 0 Å². The number of hydrogen-bond acceptors (Lipinski definition) is 3. The van der Waals surface area contributed by atoms with Crippen LogP contribution in [-0.4, -0.2) is 11.5 Å². The maximum atomic E-state index is 5.52. The second kappa shape index (κ2) is 4.62. The highest BCUT2D eigenvalue weighted by atomic mass is 32.1. The lowest BCUT2D eigenvalue weighted by atomic mass is 9.86. The monoisotopic (exact) mass is 224 g/mol. The van der Waals surface area contributed by atoms with Crippen molar-refractivity contribution < 1.29 is 0 Å². The van der Waals surface area contributed by atoms with Gasteiger partial charge >= 0.3 is 0 Å². The van der Waals surface area contributed by atoms with Crippen LogP contribution in [0.3, 0.4) is 0 Å². The summed E-state index contributed by atoms with van der Waals surface area (Å²) in [6, 6.07) is 0. The van der Waals surface area contributed by atoms with Gasteiger partial charge in [-0.3, -0.25) is 0 Å². The SMILES string of the molecule is CC1Cc2nc(CCCN)sc2C(C)C1. The number of hydrogen-bond donors (Lipinski definition) is 1. The molecule has 1 aliphatic rings. The summed E-state index contributed by atoms with van der Waals surface area (Å²) in [6.45, 7) is 5.44. The number of aryl methyl sites for hydroxylation is 1. The van der Waals surface area contributed by atoms with Crippen LogP contribution in [0.25, 0.3) is 0 Å². The summed E-state index contributed by atoms with van der Waals surface area (Å²) in [4.78, 5) is 6.29. The number of nitrogens with zero attached hydrogens (tertiary/aromatic N) is 1. The summed E-state index contributed by atoms with van der Waals surface area (Å²) >= 11 is 1.92. The molecule has 0 spiro atoms. The molecular weight excluding hydrogens is 204 g/mol. The molecule has 0 fully saturated rings. The lowest BCUT2D eigenvalue weighted by Gasteiger charge is -2.22. The van der Waals surface area contributed by atoms with Crippen LogP contribution >= 0.6 is 11.3 Å². The number of thiazole rings is 1. The van der Waals surface area contributed by atoms with Crippen LogP contribution in [0, 0.1) is 5.92 Å². The van der Waals surface area contributed by atoms with Crippen molar-refractivity contribution in [3.05, 3.63) is 15.6 Å². The highest BCUT2D eigenvalue weighted by Gasteiger charge is 2.25. The van der Waals surface area contributed by atoms with Crippen LogP contribution in [0.15, 0.2) is 0 Å². The second-order valence-electron chi connectivity index (χ2n) is 4.76. The van der Waals surface area contributed by atoms with E-state index in [1.807, 2.05) is 11.3 Å². The molecular formula is C12H20N2S. The van der Waals surface area contributed by atoms with Gasteiger partial charge in [-0.15, -0.1) is 11.3 Å². The Hall–Kier alpha value is -0.410. The Balaban J connectivity index is 2.15. The zero-order chi connectivity index (χ0) is 10.8. The number of rotatable bonds is 3. The largest absolute Gasteiger partial charge is 0.330 e. The van der Waals surface area contributed by atoms with Gasteiger partial charge in [-0.1, -0.05) is 13.8 Å². The number of aromatic nitrogens is 1. The van der Waals surface area contributed by atoms with Gasteiger partial charge < -0.3 is 5.73 Å². The molecule has 1 aromatic rings. The molecule has 2 atom stereocenters. The summed E-state index contributed by atoms with van der Waals surface area (Å²) in [5.41, 5.74) is 6.90. The lowest BCUT2D eigenvalue weighted by molar-refractivity contribution is 0.449. The average molecular weight is 224 g/mol. The molecule has 0 saturated heterocycles. The fourth-order valence-electron chi connectivity index (χ4n) is 2.43. The quantitative estimate of drug-likeness (QED) is 0.857. The minimum Gasteiger partial charge on any atom is -0.330 e. The molecule has 1 aromatic heterocycles. The van der Waals surface area contributed by atoms with Crippen LogP contribution in [-0.2, 0) is 12.8 Å². The third kappa shape index (κ3) is 2.40. The first-order valence-corrected chi connectivity index (χ1v) is 6.71. The van der Waals surface area contributed by atoms with E-state index in [4.69, 9.17) is 10.7 Å². The van der Waals surface area contributed by atoms with Crippen molar-refractivity contribution in [1.82, 2.24) is 4.98 Å². The van der Waals surface area contributed by atoms with Gasteiger partial charge in [-0.05, 0) is 37.6 Å². The third-order valence-electron chi connectivity index (χ3n) is 3.11. The van der Waals surface area contributed by atoms with Crippen molar-refractivity contribution in [2.45, 2.75) is 45.4 Å². The first-order chi connectivity index (χ1) is 7.20. The molecule has 0 bridgehead atoms. The van der Waals surface area contributed by atoms with Crippen LogP contribution in [0.5, 0.6) is 0 Å². The molecule has 1 aliphatic carbocycles. The topological polar surface area (TPSA) is 38.9 Å². The Morgan fingerprint density at radius 2 is 2.27 bits per heavy atom. The molecule has 0 amide bonds. The minimum absolute atomic E-state index is 0.716. The highest BCUT2D eigenvalue weighted by molar-refractivity contribution is 7.11. The fraction of sp³-hybridized carbons (Fsp3) is 0.750. The molecule has 0 aromatic carbocycles. The summed E-state index contributed by atoms with van der Waals surface area (Å²) in [5.74, 6) is 1.52. The van der Waals surface area contributed by atoms with E-state index in [1.54, 1.807) is 4.88 Å². The molecule has 0 aliphatic heterocycles. The summed E-state index contributed by atoms with van der Waals surface area (Å²) in [5, 5.41) is 1.30. The maximum Gasteiger partial charge on any atom is 0.0931 e.